The molecule has 1 unspecified atom stereocenters. The Morgan fingerprint density at radius 2 is 2.31 bits per heavy atom. The van der Waals surface area contributed by atoms with Gasteiger partial charge in [0.05, 0.1) is 0 Å². The highest BCUT2D eigenvalue weighted by molar-refractivity contribution is 7.84. The van der Waals surface area contributed by atoms with Crippen LogP contribution in [-0.4, -0.2) is 6.04 Å². The standard InChI is InChI=1S/C11H17NS/c1-9(2)12-8-11(13)10-6-4-3-5-7-10/h3-6,8-10,12-13H,7H2,1-2H3/b11-8-. The summed E-state index contributed by atoms with van der Waals surface area (Å²) >= 11 is 4.46. The van der Waals surface area contributed by atoms with Crippen LogP contribution in [0.15, 0.2) is 35.4 Å². The summed E-state index contributed by atoms with van der Waals surface area (Å²) in [6.07, 6.45) is 11.6. The van der Waals surface area contributed by atoms with Crippen LogP contribution in [0.5, 0.6) is 0 Å². The zero-order chi connectivity index (χ0) is 9.68. The van der Waals surface area contributed by atoms with Crippen molar-refractivity contribution in [3.63, 3.8) is 0 Å². The van der Waals surface area contributed by atoms with E-state index < -0.39 is 0 Å². The molecule has 0 bridgehead atoms. The van der Waals surface area contributed by atoms with Crippen molar-refractivity contribution in [1.29, 1.82) is 0 Å². The van der Waals surface area contributed by atoms with Gasteiger partial charge >= 0.3 is 0 Å². The molecular formula is C11H17NS. The van der Waals surface area contributed by atoms with Crippen LogP contribution in [0.4, 0.5) is 0 Å². The summed E-state index contributed by atoms with van der Waals surface area (Å²) < 4.78 is 0. The van der Waals surface area contributed by atoms with Crippen molar-refractivity contribution < 1.29 is 0 Å². The summed E-state index contributed by atoms with van der Waals surface area (Å²) in [5.41, 5.74) is 0. The maximum absolute atomic E-state index is 4.46. The fourth-order valence-electron chi connectivity index (χ4n) is 1.16. The number of allylic oxidation sites excluding steroid dienone is 5. The van der Waals surface area contributed by atoms with E-state index in [-0.39, 0.29) is 0 Å². The van der Waals surface area contributed by atoms with Crippen LogP contribution in [0.2, 0.25) is 0 Å². The van der Waals surface area contributed by atoms with Gasteiger partial charge in [-0.05, 0) is 20.3 Å². The number of thiol groups is 1. The van der Waals surface area contributed by atoms with Gasteiger partial charge in [0.15, 0.2) is 0 Å². The quantitative estimate of drug-likeness (QED) is 0.660. The van der Waals surface area contributed by atoms with E-state index in [0.717, 1.165) is 11.3 Å². The number of hydrogen-bond acceptors (Lipinski definition) is 2. The topological polar surface area (TPSA) is 12.0 Å². The summed E-state index contributed by atoms with van der Waals surface area (Å²) in [6.45, 7) is 4.24. The average Bonchev–Trinajstić information content (AvgIpc) is 2.15. The van der Waals surface area contributed by atoms with Crippen LogP contribution < -0.4 is 5.32 Å². The van der Waals surface area contributed by atoms with Crippen molar-refractivity contribution in [2.45, 2.75) is 26.3 Å². The molecule has 72 valence electrons. The Labute approximate surface area is 86.0 Å². The summed E-state index contributed by atoms with van der Waals surface area (Å²) in [5, 5.41) is 3.25. The lowest BCUT2D eigenvalue weighted by Crippen LogP contribution is -2.16. The first kappa shape index (κ1) is 10.5. The van der Waals surface area contributed by atoms with E-state index in [0.29, 0.717) is 12.0 Å². The van der Waals surface area contributed by atoms with E-state index >= 15 is 0 Å². The van der Waals surface area contributed by atoms with Crippen LogP contribution in [0.25, 0.3) is 0 Å². The third-order valence-electron chi connectivity index (χ3n) is 1.93. The van der Waals surface area contributed by atoms with E-state index in [2.05, 4.69) is 56.1 Å². The molecule has 2 heteroatoms. The molecule has 0 heterocycles. The second kappa shape index (κ2) is 5.18. The molecule has 0 radical (unpaired) electrons. The Balaban J connectivity index is 2.46. The summed E-state index contributed by atoms with van der Waals surface area (Å²) in [4.78, 5) is 1.11. The Morgan fingerprint density at radius 3 is 2.85 bits per heavy atom. The Bertz CT molecular complexity index is 238. The third kappa shape index (κ3) is 3.73. The van der Waals surface area contributed by atoms with Crippen LogP contribution in [0.3, 0.4) is 0 Å². The molecule has 0 aliphatic heterocycles. The van der Waals surface area contributed by atoms with Crippen LogP contribution in [0.1, 0.15) is 20.3 Å². The molecule has 1 nitrogen and oxygen atoms in total. The first-order valence-corrected chi connectivity index (χ1v) is 5.13. The molecule has 0 aromatic heterocycles. The van der Waals surface area contributed by atoms with Crippen molar-refractivity contribution in [3.8, 4) is 0 Å². The van der Waals surface area contributed by atoms with Crippen LogP contribution in [0, 0.1) is 5.92 Å². The maximum atomic E-state index is 4.46. The maximum Gasteiger partial charge on any atom is 0.0199 e. The molecule has 0 fully saturated rings. The Hall–Kier alpha value is -0.630. The summed E-state index contributed by atoms with van der Waals surface area (Å²) in [5.74, 6) is 0.458. The lowest BCUT2D eigenvalue weighted by molar-refractivity contribution is 0.690. The predicted octanol–water partition coefficient (Wildman–Crippen LogP) is 2.89. The summed E-state index contributed by atoms with van der Waals surface area (Å²) in [7, 11) is 0. The van der Waals surface area contributed by atoms with Crippen molar-refractivity contribution in [3.05, 3.63) is 35.4 Å². The van der Waals surface area contributed by atoms with Gasteiger partial charge in [0.2, 0.25) is 0 Å². The molecule has 1 aliphatic rings. The van der Waals surface area contributed by atoms with E-state index in [1.54, 1.807) is 0 Å². The molecule has 0 aromatic carbocycles. The monoisotopic (exact) mass is 195 g/mol. The lowest BCUT2D eigenvalue weighted by atomic mass is 10.0. The molecule has 0 spiro atoms. The third-order valence-corrected chi connectivity index (χ3v) is 2.39. The highest BCUT2D eigenvalue weighted by Crippen LogP contribution is 2.22. The molecular weight excluding hydrogens is 178 g/mol. The molecule has 13 heavy (non-hydrogen) atoms. The van der Waals surface area contributed by atoms with Crippen molar-refractivity contribution in [2.75, 3.05) is 0 Å². The molecule has 0 aromatic rings. The first-order chi connectivity index (χ1) is 6.20. The molecule has 0 amide bonds. The van der Waals surface area contributed by atoms with Crippen molar-refractivity contribution >= 4 is 12.6 Å². The van der Waals surface area contributed by atoms with Crippen LogP contribution in [-0.2, 0) is 0 Å². The predicted molar refractivity (Wildman–Crippen MR) is 61.7 cm³/mol. The van der Waals surface area contributed by atoms with Gasteiger partial charge in [-0.1, -0.05) is 24.3 Å². The van der Waals surface area contributed by atoms with E-state index in [1.165, 1.54) is 0 Å². The molecule has 0 saturated heterocycles. The molecule has 0 saturated carbocycles. The van der Waals surface area contributed by atoms with Gasteiger partial charge in [0.25, 0.3) is 0 Å². The first-order valence-electron chi connectivity index (χ1n) is 4.68. The summed E-state index contributed by atoms with van der Waals surface area (Å²) in [6, 6.07) is 0.477. The minimum atomic E-state index is 0.458. The second-order valence-electron chi connectivity index (χ2n) is 3.55. The fraction of sp³-hybridized carbons (Fsp3) is 0.455. The zero-order valence-corrected chi connectivity index (χ0v) is 9.09. The highest BCUT2D eigenvalue weighted by atomic mass is 32.1. The number of rotatable bonds is 3. The van der Waals surface area contributed by atoms with E-state index in [1.807, 2.05) is 6.20 Å². The normalized spacial score (nSPS) is 22.5. The van der Waals surface area contributed by atoms with Crippen LogP contribution >= 0.6 is 12.6 Å². The minimum Gasteiger partial charge on any atom is -0.388 e. The molecule has 1 aliphatic carbocycles. The molecule has 1 N–H and O–H groups in total. The van der Waals surface area contributed by atoms with Gasteiger partial charge in [-0.25, -0.2) is 0 Å². The fourth-order valence-corrected chi connectivity index (χ4v) is 1.43. The zero-order valence-electron chi connectivity index (χ0n) is 8.20. The largest absolute Gasteiger partial charge is 0.388 e. The van der Waals surface area contributed by atoms with Gasteiger partial charge in [-0.15, -0.1) is 12.6 Å². The highest BCUT2D eigenvalue weighted by Gasteiger charge is 2.07. The second-order valence-corrected chi connectivity index (χ2v) is 4.06. The van der Waals surface area contributed by atoms with Gasteiger partial charge in [-0.2, -0.15) is 0 Å². The average molecular weight is 195 g/mol. The smallest absolute Gasteiger partial charge is 0.0199 e. The molecule has 1 atom stereocenters. The Morgan fingerprint density at radius 1 is 1.54 bits per heavy atom. The van der Waals surface area contributed by atoms with Gasteiger partial charge in [-0.3, -0.25) is 0 Å². The minimum absolute atomic E-state index is 0.458. The van der Waals surface area contributed by atoms with Crippen molar-refractivity contribution in [1.82, 2.24) is 5.32 Å². The number of nitrogens with one attached hydrogen (secondary N) is 1. The SMILES string of the molecule is CC(C)N/C=C(\S)C1C=CC=CC1. The Kier molecular flexibility index (Phi) is 4.16. The van der Waals surface area contributed by atoms with E-state index in [4.69, 9.17) is 0 Å². The van der Waals surface area contributed by atoms with Gasteiger partial charge in [0.1, 0.15) is 0 Å². The lowest BCUT2D eigenvalue weighted by Gasteiger charge is -2.14. The number of hydrogen-bond donors (Lipinski definition) is 2. The van der Waals surface area contributed by atoms with Gasteiger partial charge in [0, 0.05) is 23.1 Å². The van der Waals surface area contributed by atoms with E-state index in [9.17, 15) is 0 Å². The molecule has 1 rings (SSSR count). The van der Waals surface area contributed by atoms with Gasteiger partial charge < -0.3 is 5.32 Å². The van der Waals surface area contributed by atoms with Crippen molar-refractivity contribution in [2.24, 2.45) is 5.92 Å².